The largest absolute Gasteiger partial charge is 0.426 e. The molecule has 0 unspecified atom stereocenters. The summed E-state index contributed by atoms with van der Waals surface area (Å²) in [4.78, 5) is 54.2. The zero-order valence-electron chi connectivity index (χ0n) is 19.5. The summed E-state index contributed by atoms with van der Waals surface area (Å²) in [6.45, 7) is 4.20. The molecule has 3 atom stereocenters. The molecule has 0 aromatic heterocycles. The molecule has 2 aliphatic heterocycles. The second kappa shape index (κ2) is 8.70. The van der Waals surface area contributed by atoms with Crippen LogP contribution >= 0.6 is 0 Å². The lowest BCUT2D eigenvalue weighted by atomic mass is 9.81. The van der Waals surface area contributed by atoms with Crippen molar-refractivity contribution in [2.45, 2.75) is 46.0 Å². The number of carbonyl (C=O) groups is 4. The minimum absolute atomic E-state index is 0.0813. The molecule has 34 heavy (non-hydrogen) atoms. The second-order valence-electron chi connectivity index (χ2n) is 9.68. The highest BCUT2D eigenvalue weighted by Gasteiger charge is 2.48. The highest BCUT2D eigenvalue weighted by Crippen LogP contribution is 2.40. The van der Waals surface area contributed by atoms with Gasteiger partial charge in [-0.15, -0.1) is 0 Å². The standard InChI is InChI=1S/C27H28N2O5/c1-16-10-17(2)12-20(11-16)28-15-18(13-24(28)30)27(33)34-21-7-5-6-19(14-21)29-25(31)22-8-3-4-9-23(22)26(29)32/h5-7,10-12,14,18,22-23H,3-4,8-9,13,15H2,1-2H3/t18-,22+,23+/m1/s1. The van der Waals surface area contributed by atoms with Gasteiger partial charge in [-0.25, -0.2) is 4.90 Å². The lowest BCUT2D eigenvalue weighted by molar-refractivity contribution is -0.139. The third-order valence-corrected chi connectivity index (χ3v) is 7.11. The zero-order chi connectivity index (χ0) is 24.0. The molecule has 0 bridgehead atoms. The Morgan fingerprint density at radius 1 is 0.882 bits per heavy atom. The van der Waals surface area contributed by atoms with Gasteiger partial charge >= 0.3 is 5.97 Å². The Hall–Kier alpha value is -3.48. The molecule has 2 saturated heterocycles. The van der Waals surface area contributed by atoms with E-state index in [1.165, 1.54) is 4.90 Å². The van der Waals surface area contributed by atoms with Crippen molar-refractivity contribution in [1.29, 1.82) is 0 Å². The molecule has 1 saturated carbocycles. The Labute approximate surface area is 198 Å². The number of ether oxygens (including phenoxy) is 1. The van der Waals surface area contributed by atoms with E-state index >= 15 is 0 Å². The first-order valence-corrected chi connectivity index (χ1v) is 11.9. The number of hydrogen-bond donors (Lipinski definition) is 0. The third-order valence-electron chi connectivity index (χ3n) is 7.11. The summed E-state index contributed by atoms with van der Waals surface area (Å²) in [5, 5.41) is 0. The van der Waals surface area contributed by atoms with Gasteiger partial charge in [0.05, 0.1) is 23.4 Å². The van der Waals surface area contributed by atoms with Crippen molar-refractivity contribution >= 4 is 35.1 Å². The van der Waals surface area contributed by atoms with Crippen LogP contribution in [0.2, 0.25) is 0 Å². The molecule has 5 rings (SSSR count). The van der Waals surface area contributed by atoms with Gasteiger partial charge in [-0.05, 0) is 62.1 Å². The molecule has 0 radical (unpaired) electrons. The molecule has 0 spiro atoms. The van der Waals surface area contributed by atoms with E-state index in [9.17, 15) is 19.2 Å². The Bertz CT molecular complexity index is 1150. The highest BCUT2D eigenvalue weighted by atomic mass is 16.5. The molecule has 0 N–H and O–H groups in total. The lowest BCUT2D eigenvalue weighted by Crippen LogP contribution is -2.31. The number of nitrogens with zero attached hydrogens (tertiary/aromatic N) is 2. The topological polar surface area (TPSA) is 84.0 Å². The van der Waals surface area contributed by atoms with Crippen LogP contribution in [0, 0.1) is 31.6 Å². The van der Waals surface area contributed by atoms with Crippen molar-refractivity contribution in [3.63, 3.8) is 0 Å². The van der Waals surface area contributed by atoms with Gasteiger partial charge in [-0.1, -0.05) is 25.0 Å². The lowest BCUT2D eigenvalue weighted by Gasteiger charge is -2.19. The maximum atomic E-state index is 12.9. The molecule has 2 aromatic rings. The van der Waals surface area contributed by atoms with Crippen LogP contribution < -0.4 is 14.5 Å². The molecule has 3 aliphatic rings. The van der Waals surface area contributed by atoms with Crippen LogP contribution in [0.5, 0.6) is 5.75 Å². The minimum atomic E-state index is -0.588. The molecule has 176 valence electrons. The fourth-order valence-electron chi connectivity index (χ4n) is 5.52. The average molecular weight is 461 g/mol. The number of esters is 1. The molecule has 7 heteroatoms. The van der Waals surface area contributed by atoms with E-state index in [1.807, 2.05) is 32.0 Å². The first-order chi connectivity index (χ1) is 16.3. The van der Waals surface area contributed by atoms with Crippen molar-refractivity contribution in [3.8, 4) is 5.75 Å². The van der Waals surface area contributed by atoms with Gasteiger partial charge < -0.3 is 9.64 Å². The molecular formula is C27H28N2O5. The van der Waals surface area contributed by atoms with Crippen LogP contribution in [0.1, 0.15) is 43.2 Å². The van der Waals surface area contributed by atoms with Crippen LogP contribution in [0.25, 0.3) is 0 Å². The van der Waals surface area contributed by atoms with Gasteiger partial charge in [-0.2, -0.15) is 0 Å². The Balaban J connectivity index is 1.30. The summed E-state index contributed by atoms with van der Waals surface area (Å²) in [7, 11) is 0. The van der Waals surface area contributed by atoms with Crippen molar-refractivity contribution < 1.29 is 23.9 Å². The summed E-state index contributed by atoms with van der Waals surface area (Å²) in [6.07, 6.45) is 3.49. The van der Waals surface area contributed by atoms with E-state index in [-0.39, 0.29) is 48.3 Å². The Morgan fingerprint density at radius 2 is 1.53 bits per heavy atom. The van der Waals surface area contributed by atoms with E-state index in [0.29, 0.717) is 5.69 Å². The first kappa shape index (κ1) is 22.3. The second-order valence-corrected chi connectivity index (χ2v) is 9.68. The number of amides is 3. The summed E-state index contributed by atoms with van der Waals surface area (Å²) in [5.41, 5.74) is 3.31. The van der Waals surface area contributed by atoms with Crippen LogP contribution in [0.4, 0.5) is 11.4 Å². The van der Waals surface area contributed by atoms with Crippen LogP contribution in [0.3, 0.4) is 0 Å². The van der Waals surface area contributed by atoms with E-state index < -0.39 is 11.9 Å². The van der Waals surface area contributed by atoms with Crippen molar-refractivity contribution in [3.05, 3.63) is 53.6 Å². The Morgan fingerprint density at radius 3 is 2.18 bits per heavy atom. The number of rotatable bonds is 4. The van der Waals surface area contributed by atoms with E-state index in [0.717, 1.165) is 42.5 Å². The number of benzene rings is 2. The van der Waals surface area contributed by atoms with Gasteiger partial charge in [0.2, 0.25) is 17.7 Å². The summed E-state index contributed by atoms with van der Waals surface area (Å²) >= 11 is 0. The zero-order valence-corrected chi connectivity index (χ0v) is 19.5. The molecule has 2 heterocycles. The Kier molecular flexibility index (Phi) is 5.71. The van der Waals surface area contributed by atoms with Crippen LogP contribution in [0.15, 0.2) is 42.5 Å². The SMILES string of the molecule is Cc1cc(C)cc(N2C[C@H](C(=O)Oc3cccc(N4C(=O)[C@H]5CCCC[C@@H]5C4=O)c3)CC2=O)c1. The third kappa shape index (κ3) is 4.00. The number of fused-ring (bicyclic) bond motifs is 1. The fraction of sp³-hybridized carbons (Fsp3) is 0.407. The number of anilines is 2. The van der Waals surface area contributed by atoms with E-state index in [2.05, 4.69) is 0 Å². The molecule has 1 aliphatic carbocycles. The van der Waals surface area contributed by atoms with Crippen LogP contribution in [-0.4, -0.2) is 30.2 Å². The average Bonchev–Trinajstić information content (AvgIpc) is 3.31. The normalized spacial score (nSPS) is 24.5. The van der Waals surface area contributed by atoms with Gasteiger partial charge in [-0.3, -0.25) is 19.2 Å². The minimum Gasteiger partial charge on any atom is -0.426 e. The smallest absolute Gasteiger partial charge is 0.316 e. The molecule has 3 fully saturated rings. The summed E-state index contributed by atoms with van der Waals surface area (Å²) < 4.78 is 5.60. The number of aryl methyl sites for hydroxylation is 2. The van der Waals surface area contributed by atoms with Crippen molar-refractivity contribution in [2.75, 3.05) is 16.3 Å². The van der Waals surface area contributed by atoms with E-state index in [4.69, 9.17) is 4.74 Å². The van der Waals surface area contributed by atoms with E-state index in [1.54, 1.807) is 29.2 Å². The molecule has 3 amide bonds. The van der Waals surface area contributed by atoms with Gasteiger partial charge in [0.15, 0.2) is 0 Å². The molecule has 7 nitrogen and oxygen atoms in total. The number of hydrogen-bond acceptors (Lipinski definition) is 5. The molecular weight excluding hydrogens is 432 g/mol. The fourth-order valence-corrected chi connectivity index (χ4v) is 5.52. The maximum absolute atomic E-state index is 12.9. The van der Waals surface area contributed by atoms with Gasteiger partial charge in [0.25, 0.3) is 0 Å². The number of carbonyl (C=O) groups excluding carboxylic acids is 4. The summed E-state index contributed by atoms with van der Waals surface area (Å²) in [5.74, 6) is -1.75. The van der Waals surface area contributed by atoms with Crippen LogP contribution in [-0.2, 0) is 19.2 Å². The predicted molar refractivity (Wildman–Crippen MR) is 126 cm³/mol. The van der Waals surface area contributed by atoms with Gasteiger partial charge in [0.1, 0.15) is 5.75 Å². The summed E-state index contributed by atoms with van der Waals surface area (Å²) in [6, 6.07) is 12.4. The van der Waals surface area contributed by atoms with Gasteiger partial charge in [0, 0.05) is 24.7 Å². The highest BCUT2D eigenvalue weighted by molar-refractivity contribution is 6.22. The monoisotopic (exact) mass is 460 g/mol. The number of imide groups is 1. The first-order valence-electron chi connectivity index (χ1n) is 11.9. The quantitative estimate of drug-likeness (QED) is 0.392. The predicted octanol–water partition coefficient (Wildman–Crippen LogP) is 3.94. The van der Waals surface area contributed by atoms with Crippen molar-refractivity contribution in [1.82, 2.24) is 0 Å². The maximum Gasteiger partial charge on any atom is 0.316 e. The molecule has 2 aromatic carbocycles. The van der Waals surface area contributed by atoms with Crippen molar-refractivity contribution in [2.24, 2.45) is 17.8 Å².